The number of rotatable bonds is 4. The van der Waals surface area contributed by atoms with E-state index in [2.05, 4.69) is 16.7 Å². The Morgan fingerprint density at radius 1 is 1.39 bits per heavy atom. The fraction of sp³-hybridized carbons (Fsp3) is 0.500. The summed E-state index contributed by atoms with van der Waals surface area (Å²) in [6, 6.07) is 7.83. The lowest BCUT2D eigenvalue weighted by Gasteiger charge is -2.31. The van der Waals surface area contributed by atoms with E-state index in [0.29, 0.717) is 6.54 Å². The highest BCUT2D eigenvalue weighted by Crippen LogP contribution is 2.39. The fourth-order valence-corrected chi connectivity index (χ4v) is 2.91. The van der Waals surface area contributed by atoms with Crippen LogP contribution >= 0.6 is 11.6 Å². The molecule has 1 aromatic rings. The van der Waals surface area contributed by atoms with E-state index < -0.39 is 0 Å². The first-order valence-electron chi connectivity index (χ1n) is 6.38. The van der Waals surface area contributed by atoms with Crippen molar-refractivity contribution in [1.82, 2.24) is 10.6 Å². The van der Waals surface area contributed by atoms with Crippen LogP contribution in [-0.4, -0.2) is 19.5 Å². The molecule has 98 valence electrons. The van der Waals surface area contributed by atoms with Crippen LogP contribution in [0, 0.1) is 0 Å². The van der Waals surface area contributed by atoms with Crippen LogP contribution in [0.2, 0.25) is 5.02 Å². The summed E-state index contributed by atoms with van der Waals surface area (Å²) < 4.78 is 0. The molecule has 2 N–H and O–H groups in total. The highest BCUT2D eigenvalue weighted by atomic mass is 35.5. The Bertz CT molecular complexity index is 428. The largest absolute Gasteiger partial charge is 0.345 e. The third-order valence-corrected chi connectivity index (χ3v) is 3.79. The van der Waals surface area contributed by atoms with Crippen LogP contribution in [0.1, 0.15) is 31.2 Å². The first kappa shape index (κ1) is 13.4. The van der Waals surface area contributed by atoms with Crippen LogP contribution in [-0.2, 0) is 10.3 Å². The van der Waals surface area contributed by atoms with Crippen molar-refractivity contribution < 1.29 is 4.79 Å². The molecule has 18 heavy (non-hydrogen) atoms. The summed E-state index contributed by atoms with van der Waals surface area (Å²) in [5.41, 5.74) is 0.899. The van der Waals surface area contributed by atoms with Crippen LogP contribution in [0.15, 0.2) is 24.3 Å². The third-order valence-electron chi connectivity index (χ3n) is 3.55. The molecule has 1 amide bonds. The monoisotopic (exact) mass is 266 g/mol. The molecule has 1 aliphatic rings. The van der Waals surface area contributed by atoms with E-state index in [1.54, 1.807) is 7.05 Å². The number of carbonyl (C=O) groups is 1. The van der Waals surface area contributed by atoms with Gasteiger partial charge in [-0.25, -0.2) is 0 Å². The molecule has 0 atom stereocenters. The van der Waals surface area contributed by atoms with Crippen molar-refractivity contribution in [3.63, 3.8) is 0 Å². The summed E-state index contributed by atoms with van der Waals surface area (Å²) in [4.78, 5) is 11.9. The second-order valence-electron chi connectivity index (χ2n) is 4.88. The van der Waals surface area contributed by atoms with E-state index in [-0.39, 0.29) is 11.4 Å². The van der Waals surface area contributed by atoms with Gasteiger partial charge >= 0.3 is 0 Å². The average Bonchev–Trinajstić information content (AvgIpc) is 2.79. The molecule has 0 bridgehead atoms. The number of hydrogen-bond donors (Lipinski definition) is 2. The van der Waals surface area contributed by atoms with Crippen LogP contribution < -0.4 is 10.6 Å². The zero-order valence-corrected chi connectivity index (χ0v) is 11.4. The van der Waals surface area contributed by atoms with Gasteiger partial charge in [-0.2, -0.15) is 0 Å². The zero-order valence-electron chi connectivity index (χ0n) is 10.6. The highest BCUT2D eigenvalue weighted by Gasteiger charge is 2.36. The Morgan fingerprint density at radius 2 is 2.11 bits per heavy atom. The fourth-order valence-electron chi connectivity index (χ4n) is 2.72. The second kappa shape index (κ2) is 5.72. The van der Waals surface area contributed by atoms with Crippen LogP contribution in [0.3, 0.4) is 0 Å². The molecular weight excluding hydrogens is 248 g/mol. The molecular formula is C14H19ClN2O. The van der Waals surface area contributed by atoms with E-state index in [1.807, 2.05) is 18.2 Å². The number of carbonyl (C=O) groups excluding carboxylic acids is 1. The van der Waals surface area contributed by atoms with Gasteiger partial charge in [0.1, 0.15) is 0 Å². The standard InChI is InChI=1S/C14H19ClN2O/c1-16-10-13(18)17-14(7-2-3-8-14)11-5-4-6-12(15)9-11/h4-6,9,16H,2-3,7-8,10H2,1H3,(H,17,18). The number of nitrogens with one attached hydrogen (secondary N) is 2. The quantitative estimate of drug-likeness (QED) is 0.879. The average molecular weight is 267 g/mol. The van der Waals surface area contributed by atoms with E-state index in [4.69, 9.17) is 11.6 Å². The van der Waals surface area contributed by atoms with Gasteiger partial charge < -0.3 is 10.6 Å². The number of benzene rings is 1. The Morgan fingerprint density at radius 3 is 2.72 bits per heavy atom. The molecule has 0 aromatic heterocycles. The molecule has 1 aromatic carbocycles. The van der Waals surface area contributed by atoms with Gasteiger partial charge in [-0.3, -0.25) is 4.79 Å². The topological polar surface area (TPSA) is 41.1 Å². The van der Waals surface area contributed by atoms with Gasteiger partial charge in [-0.1, -0.05) is 36.6 Å². The van der Waals surface area contributed by atoms with Crippen molar-refractivity contribution in [2.24, 2.45) is 0 Å². The minimum absolute atomic E-state index is 0.0411. The maximum atomic E-state index is 11.9. The first-order valence-corrected chi connectivity index (χ1v) is 6.76. The molecule has 0 unspecified atom stereocenters. The van der Waals surface area contributed by atoms with E-state index >= 15 is 0 Å². The van der Waals surface area contributed by atoms with Crippen molar-refractivity contribution in [3.8, 4) is 0 Å². The van der Waals surface area contributed by atoms with Gasteiger partial charge in [0.2, 0.25) is 5.91 Å². The summed E-state index contributed by atoms with van der Waals surface area (Å²) >= 11 is 6.06. The molecule has 1 aliphatic carbocycles. The van der Waals surface area contributed by atoms with Crippen molar-refractivity contribution in [2.75, 3.05) is 13.6 Å². The van der Waals surface area contributed by atoms with E-state index in [0.717, 1.165) is 36.3 Å². The Hall–Kier alpha value is -1.06. The molecule has 4 heteroatoms. The van der Waals surface area contributed by atoms with Gasteiger partial charge in [0.05, 0.1) is 12.1 Å². The summed E-state index contributed by atoms with van der Waals surface area (Å²) in [5, 5.41) is 6.78. The Kier molecular flexibility index (Phi) is 4.25. The molecule has 0 saturated heterocycles. The third kappa shape index (κ3) is 2.85. The van der Waals surface area contributed by atoms with Crippen molar-refractivity contribution in [2.45, 2.75) is 31.2 Å². The highest BCUT2D eigenvalue weighted by molar-refractivity contribution is 6.30. The van der Waals surface area contributed by atoms with Gasteiger partial charge in [-0.05, 0) is 37.6 Å². The molecule has 2 rings (SSSR count). The summed E-state index contributed by atoms with van der Waals surface area (Å²) in [5.74, 6) is 0.0411. The van der Waals surface area contributed by atoms with Crippen LogP contribution in [0.5, 0.6) is 0 Å². The minimum Gasteiger partial charge on any atom is -0.345 e. The van der Waals surface area contributed by atoms with E-state index in [1.165, 1.54) is 0 Å². The normalized spacial score (nSPS) is 17.7. The van der Waals surface area contributed by atoms with Crippen molar-refractivity contribution >= 4 is 17.5 Å². The van der Waals surface area contributed by atoms with Crippen LogP contribution in [0.25, 0.3) is 0 Å². The molecule has 1 fully saturated rings. The SMILES string of the molecule is CNCC(=O)NC1(c2cccc(Cl)c2)CCCC1. The summed E-state index contributed by atoms with van der Waals surface area (Å²) in [7, 11) is 1.78. The first-order chi connectivity index (χ1) is 8.66. The number of likely N-dealkylation sites (N-methyl/N-ethyl adjacent to an activating group) is 1. The molecule has 0 spiro atoms. The van der Waals surface area contributed by atoms with Gasteiger partial charge in [0.25, 0.3) is 0 Å². The lowest BCUT2D eigenvalue weighted by molar-refractivity contribution is -0.122. The van der Waals surface area contributed by atoms with E-state index in [9.17, 15) is 4.79 Å². The maximum absolute atomic E-state index is 11.9. The van der Waals surface area contributed by atoms with Crippen molar-refractivity contribution in [1.29, 1.82) is 0 Å². The Labute approximate surface area is 113 Å². The molecule has 3 nitrogen and oxygen atoms in total. The Balaban J connectivity index is 2.24. The van der Waals surface area contributed by atoms with Gasteiger partial charge in [-0.15, -0.1) is 0 Å². The lowest BCUT2D eigenvalue weighted by atomic mass is 9.88. The van der Waals surface area contributed by atoms with Crippen LogP contribution in [0.4, 0.5) is 0 Å². The predicted molar refractivity (Wildman–Crippen MR) is 73.7 cm³/mol. The maximum Gasteiger partial charge on any atom is 0.234 e. The number of halogens is 1. The predicted octanol–water partition coefficient (Wildman–Crippen LogP) is 2.44. The zero-order chi connectivity index (χ0) is 13.0. The molecule has 0 radical (unpaired) electrons. The number of hydrogen-bond acceptors (Lipinski definition) is 2. The number of amides is 1. The molecule has 1 saturated carbocycles. The second-order valence-corrected chi connectivity index (χ2v) is 5.31. The van der Waals surface area contributed by atoms with Crippen molar-refractivity contribution in [3.05, 3.63) is 34.9 Å². The summed E-state index contributed by atoms with van der Waals surface area (Å²) in [6.07, 6.45) is 4.27. The lowest BCUT2D eigenvalue weighted by Crippen LogP contribution is -2.46. The smallest absolute Gasteiger partial charge is 0.234 e. The van der Waals surface area contributed by atoms with Gasteiger partial charge in [0.15, 0.2) is 0 Å². The molecule has 0 aliphatic heterocycles. The summed E-state index contributed by atoms with van der Waals surface area (Å²) in [6.45, 7) is 0.350. The molecule has 0 heterocycles. The van der Waals surface area contributed by atoms with Gasteiger partial charge in [0, 0.05) is 5.02 Å². The minimum atomic E-state index is -0.223.